The van der Waals surface area contributed by atoms with E-state index in [4.69, 9.17) is 0 Å². The average Bonchev–Trinajstić information content (AvgIpc) is 2.79. The first-order valence-electron chi connectivity index (χ1n) is 6.74. The minimum atomic E-state index is 0.309. The largest absolute Gasteiger partial charge is 0.508 e. The molecule has 3 aromatic rings. The summed E-state index contributed by atoms with van der Waals surface area (Å²) >= 11 is 0. The molecule has 1 N–H and O–H groups in total. The molecule has 0 fully saturated rings. The van der Waals surface area contributed by atoms with Gasteiger partial charge in [0.25, 0.3) is 0 Å². The Bertz CT molecular complexity index is 746. The number of phenols is 1. The lowest BCUT2D eigenvalue weighted by molar-refractivity contribution is 0.468. The lowest BCUT2D eigenvalue weighted by Crippen LogP contribution is -2.07. The van der Waals surface area contributed by atoms with Crippen LogP contribution in [0.5, 0.6) is 5.75 Å². The molecule has 0 saturated heterocycles. The van der Waals surface area contributed by atoms with Crippen LogP contribution in [0.25, 0.3) is 11.0 Å². The second kappa shape index (κ2) is 4.96. The molecule has 3 rings (SSSR count). The normalized spacial score (nSPS) is 11.3. The fourth-order valence-corrected chi connectivity index (χ4v) is 2.53. The third-order valence-electron chi connectivity index (χ3n) is 3.42. The van der Waals surface area contributed by atoms with Gasteiger partial charge in [0, 0.05) is 24.2 Å². The van der Waals surface area contributed by atoms with E-state index in [1.165, 1.54) is 0 Å². The molecule has 0 aliphatic rings. The number of fused-ring (bicyclic) bond motifs is 1. The van der Waals surface area contributed by atoms with Crippen molar-refractivity contribution in [2.24, 2.45) is 0 Å². The van der Waals surface area contributed by atoms with Crippen molar-refractivity contribution in [3.05, 3.63) is 54.1 Å². The molecule has 20 heavy (non-hydrogen) atoms. The van der Waals surface area contributed by atoms with Gasteiger partial charge >= 0.3 is 0 Å². The van der Waals surface area contributed by atoms with E-state index in [-0.39, 0.29) is 0 Å². The van der Waals surface area contributed by atoms with Gasteiger partial charge in [0.05, 0.1) is 11.7 Å². The first-order valence-corrected chi connectivity index (χ1v) is 6.74. The summed E-state index contributed by atoms with van der Waals surface area (Å²) in [5.41, 5.74) is 2.87. The zero-order valence-electron chi connectivity index (χ0n) is 11.6. The zero-order chi connectivity index (χ0) is 14.1. The third-order valence-corrected chi connectivity index (χ3v) is 3.42. The third kappa shape index (κ3) is 2.13. The topological polar surface area (TPSA) is 50.9 Å². The van der Waals surface area contributed by atoms with Crippen molar-refractivity contribution >= 4 is 11.0 Å². The first-order chi connectivity index (χ1) is 9.66. The molecule has 1 aromatic carbocycles. The summed E-state index contributed by atoms with van der Waals surface area (Å²) in [6.45, 7) is 4.27. The van der Waals surface area contributed by atoms with Gasteiger partial charge < -0.3 is 9.67 Å². The monoisotopic (exact) mass is 267 g/mol. The van der Waals surface area contributed by atoms with Crippen LogP contribution >= 0.6 is 0 Å². The molecule has 0 aliphatic heterocycles. The quantitative estimate of drug-likeness (QED) is 0.792. The number of hydrogen-bond acceptors (Lipinski definition) is 3. The Labute approximate surface area is 117 Å². The number of para-hydroxylation sites is 1. The number of benzene rings is 1. The Balaban J connectivity index is 2.12. The van der Waals surface area contributed by atoms with Crippen molar-refractivity contribution in [3.63, 3.8) is 0 Å². The van der Waals surface area contributed by atoms with Crippen LogP contribution in [0.3, 0.4) is 0 Å². The number of imidazole rings is 1. The number of nitrogens with zero attached hydrogens (tertiary/aromatic N) is 3. The molecule has 0 saturated carbocycles. The van der Waals surface area contributed by atoms with Crippen LogP contribution in [0, 0.1) is 0 Å². The predicted molar refractivity (Wildman–Crippen MR) is 78.8 cm³/mol. The van der Waals surface area contributed by atoms with Crippen molar-refractivity contribution in [1.82, 2.24) is 14.5 Å². The van der Waals surface area contributed by atoms with E-state index in [0.29, 0.717) is 18.2 Å². The maximum absolute atomic E-state index is 9.93. The molecular formula is C16H17N3O. The number of aromatic nitrogens is 3. The van der Waals surface area contributed by atoms with E-state index in [0.717, 1.165) is 22.4 Å². The Morgan fingerprint density at radius 2 is 2.00 bits per heavy atom. The summed E-state index contributed by atoms with van der Waals surface area (Å²) in [4.78, 5) is 8.79. The molecule has 2 aromatic heterocycles. The van der Waals surface area contributed by atoms with Gasteiger partial charge in [-0.3, -0.25) is 4.98 Å². The summed E-state index contributed by atoms with van der Waals surface area (Å²) in [7, 11) is 0. The first kappa shape index (κ1) is 12.7. The van der Waals surface area contributed by atoms with Gasteiger partial charge in [0.15, 0.2) is 0 Å². The van der Waals surface area contributed by atoms with E-state index in [1.807, 2.05) is 24.3 Å². The van der Waals surface area contributed by atoms with Crippen LogP contribution < -0.4 is 0 Å². The number of hydrogen-bond donors (Lipinski definition) is 1. The van der Waals surface area contributed by atoms with E-state index in [1.54, 1.807) is 18.5 Å². The molecule has 4 nitrogen and oxygen atoms in total. The molecule has 0 amide bonds. The summed E-state index contributed by atoms with van der Waals surface area (Å²) < 4.78 is 2.20. The molecule has 0 bridgehead atoms. The minimum Gasteiger partial charge on any atom is -0.508 e. The highest BCUT2D eigenvalue weighted by atomic mass is 16.3. The smallest absolute Gasteiger partial charge is 0.119 e. The van der Waals surface area contributed by atoms with Crippen LogP contribution in [0.2, 0.25) is 0 Å². The molecule has 0 spiro atoms. The number of aromatic hydroxyl groups is 1. The molecular weight excluding hydrogens is 250 g/mol. The molecule has 0 atom stereocenters. The van der Waals surface area contributed by atoms with Crippen LogP contribution in [0.4, 0.5) is 0 Å². The molecule has 4 heteroatoms. The fourth-order valence-electron chi connectivity index (χ4n) is 2.53. The fraction of sp³-hybridized carbons (Fsp3) is 0.250. The Kier molecular flexibility index (Phi) is 3.14. The summed E-state index contributed by atoms with van der Waals surface area (Å²) in [5, 5.41) is 9.93. The van der Waals surface area contributed by atoms with E-state index in [2.05, 4.69) is 28.4 Å². The van der Waals surface area contributed by atoms with Gasteiger partial charge in [-0.2, -0.15) is 0 Å². The average molecular weight is 267 g/mol. The summed E-state index contributed by atoms with van der Waals surface area (Å²) in [5.74, 6) is 1.26. The van der Waals surface area contributed by atoms with Gasteiger partial charge in [-0.1, -0.05) is 18.2 Å². The SMILES string of the molecule is CC(C)n1c(Cc2ccccc2O)nc2cnccc21. The van der Waals surface area contributed by atoms with E-state index < -0.39 is 0 Å². The molecule has 0 radical (unpaired) electrons. The van der Waals surface area contributed by atoms with Crippen LogP contribution in [-0.4, -0.2) is 19.6 Å². The summed E-state index contributed by atoms with van der Waals surface area (Å²) in [6.07, 6.45) is 4.18. The van der Waals surface area contributed by atoms with Gasteiger partial charge in [-0.15, -0.1) is 0 Å². The lowest BCUT2D eigenvalue weighted by Gasteiger charge is -2.13. The van der Waals surface area contributed by atoms with Crippen molar-refractivity contribution < 1.29 is 5.11 Å². The zero-order valence-corrected chi connectivity index (χ0v) is 11.6. The van der Waals surface area contributed by atoms with Crippen LogP contribution in [-0.2, 0) is 6.42 Å². The van der Waals surface area contributed by atoms with Crippen LogP contribution in [0.15, 0.2) is 42.7 Å². The van der Waals surface area contributed by atoms with Gasteiger partial charge in [0.1, 0.15) is 17.1 Å². The second-order valence-corrected chi connectivity index (χ2v) is 5.16. The predicted octanol–water partition coefficient (Wildman–Crippen LogP) is 3.31. The number of phenolic OH excluding ortho intramolecular Hbond substituents is 1. The maximum atomic E-state index is 9.93. The lowest BCUT2D eigenvalue weighted by atomic mass is 10.1. The van der Waals surface area contributed by atoms with Crippen LogP contribution in [0.1, 0.15) is 31.3 Å². The molecule has 0 aliphatic carbocycles. The highest BCUT2D eigenvalue weighted by molar-refractivity contribution is 5.75. The highest BCUT2D eigenvalue weighted by Crippen LogP contribution is 2.25. The van der Waals surface area contributed by atoms with E-state index >= 15 is 0 Å². The van der Waals surface area contributed by atoms with Crippen molar-refractivity contribution in [1.29, 1.82) is 0 Å². The maximum Gasteiger partial charge on any atom is 0.119 e. The molecule has 102 valence electrons. The second-order valence-electron chi connectivity index (χ2n) is 5.16. The number of rotatable bonds is 3. The Morgan fingerprint density at radius 1 is 1.20 bits per heavy atom. The Morgan fingerprint density at radius 3 is 2.75 bits per heavy atom. The minimum absolute atomic E-state index is 0.309. The summed E-state index contributed by atoms with van der Waals surface area (Å²) in [6, 6.07) is 9.68. The standard InChI is InChI=1S/C16H17N3O/c1-11(2)19-14-7-8-17-10-13(14)18-16(19)9-12-5-3-4-6-15(12)20/h3-8,10-11,20H,9H2,1-2H3. The highest BCUT2D eigenvalue weighted by Gasteiger charge is 2.14. The van der Waals surface area contributed by atoms with E-state index in [9.17, 15) is 5.11 Å². The molecule has 0 unspecified atom stereocenters. The number of pyridine rings is 1. The van der Waals surface area contributed by atoms with Crippen molar-refractivity contribution in [3.8, 4) is 5.75 Å². The van der Waals surface area contributed by atoms with Crippen molar-refractivity contribution in [2.75, 3.05) is 0 Å². The van der Waals surface area contributed by atoms with Crippen molar-refractivity contribution in [2.45, 2.75) is 26.3 Å². The Hall–Kier alpha value is -2.36. The van der Waals surface area contributed by atoms with Gasteiger partial charge in [-0.25, -0.2) is 4.98 Å². The molecule has 2 heterocycles. The van der Waals surface area contributed by atoms with Gasteiger partial charge in [0.2, 0.25) is 0 Å². The van der Waals surface area contributed by atoms with Gasteiger partial charge in [-0.05, 0) is 26.0 Å².